The van der Waals surface area contributed by atoms with E-state index in [2.05, 4.69) is 4.18 Å². The zero-order valence-electron chi connectivity index (χ0n) is 9.91. The maximum absolute atomic E-state index is 10.9. The number of carbonyl (C=O) groups excluding carboxylic acids is 1. The lowest BCUT2D eigenvalue weighted by Crippen LogP contribution is -2.07. The van der Waals surface area contributed by atoms with Gasteiger partial charge in [0.2, 0.25) is 0 Å². The summed E-state index contributed by atoms with van der Waals surface area (Å²) in [6, 6.07) is 0. The van der Waals surface area contributed by atoms with Crippen LogP contribution in [0.3, 0.4) is 0 Å². The maximum Gasteiger partial charge on any atom is 0.267 e. The number of hydrogen-bond acceptors (Lipinski definition) is 4. The monoisotopic (exact) mass is 249 g/mol. The lowest BCUT2D eigenvalue weighted by Gasteiger charge is -2.01. The number of unbranched alkanes of at least 4 members (excludes halogenated alkanes) is 7. The van der Waals surface area contributed by atoms with Gasteiger partial charge in [0.05, 0.1) is 12.9 Å². The first-order chi connectivity index (χ1) is 7.62. The summed E-state index contributed by atoms with van der Waals surface area (Å²) in [6.07, 6.45) is 9.23. The molecule has 16 heavy (non-hydrogen) atoms. The molecular formula is C11H21O4S. The van der Waals surface area contributed by atoms with Crippen LogP contribution in [0, 0.1) is 0 Å². The number of hydrogen-bond donors (Lipinski definition) is 0. The second-order valence-corrected chi connectivity index (χ2v) is 5.65. The predicted molar refractivity (Wildman–Crippen MR) is 63.4 cm³/mol. The molecule has 0 aliphatic carbocycles. The third-order valence-corrected chi connectivity index (χ3v) is 3.72. The molecule has 0 spiro atoms. The van der Waals surface area contributed by atoms with E-state index in [0.717, 1.165) is 38.5 Å². The topological polar surface area (TPSA) is 60.4 Å². The van der Waals surface area contributed by atoms with Crippen LogP contribution in [-0.2, 0) is 19.1 Å². The summed E-state index contributed by atoms with van der Waals surface area (Å²) in [5, 5.41) is 0. The molecular weight excluding hydrogens is 228 g/mol. The number of rotatable bonds is 11. The molecule has 0 aliphatic heterocycles. The summed E-state index contributed by atoms with van der Waals surface area (Å²) >= 11 is 0. The van der Waals surface area contributed by atoms with Crippen molar-refractivity contribution in [2.75, 3.05) is 12.9 Å². The minimum atomic E-state index is -3.27. The molecule has 0 aromatic carbocycles. The molecule has 0 rings (SSSR count). The van der Waals surface area contributed by atoms with Crippen LogP contribution in [-0.4, -0.2) is 27.6 Å². The van der Waals surface area contributed by atoms with Crippen molar-refractivity contribution in [3.8, 4) is 0 Å². The minimum absolute atomic E-state index is 0.115. The van der Waals surface area contributed by atoms with Crippen molar-refractivity contribution in [3.05, 3.63) is 0 Å². The van der Waals surface area contributed by atoms with E-state index < -0.39 is 10.1 Å². The van der Waals surface area contributed by atoms with E-state index in [-0.39, 0.29) is 5.75 Å². The largest absolute Gasteiger partial charge is 0.291 e. The molecule has 1 radical (unpaired) electrons. The van der Waals surface area contributed by atoms with Gasteiger partial charge in [0.1, 0.15) is 0 Å². The summed E-state index contributed by atoms with van der Waals surface area (Å²) in [6.45, 7) is 0. The van der Waals surface area contributed by atoms with Gasteiger partial charge in [-0.15, -0.1) is 0 Å². The first-order valence-corrected chi connectivity index (χ1v) is 7.33. The van der Waals surface area contributed by atoms with Gasteiger partial charge in [0.25, 0.3) is 10.1 Å². The van der Waals surface area contributed by atoms with E-state index in [1.54, 1.807) is 0 Å². The van der Waals surface area contributed by atoms with Crippen molar-refractivity contribution in [2.24, 2.45) is 0 Å². The maximum atomic E-state index is 10.9. The molecule has 0 saturated heterocycles. The van der Waals surface area contributed by atoms with Gasteiger partial charge < -0.3 is 0 Å². The fourth-order valence-corrected chi connectivity index (χ4v) is 2.17. The highest BCUT2D eigenvalue weighted by atomic mass is 32.2. The zero-order chi connectivity index (χ0) is 12.3. The Morgan fingerprint density at radius 2 is 1.44 bits per heavy atom. The van der Waals surface area contributed by atoms with Crippen LogP contribution >= 0.6 is 0 Å². The molecule has 0 unspecified atom stereocenters. The van der Waals surface area contributed by atoms with Crippen molar-refractivity contribution < 1.29 is 17.4 Å². The van der Waals surface area contributed by atoms with Crippen LogP contribution in [0.15, 0.2) is 0 Å². The Morgan fingerprint density at radius 1 is 0.938 bits per heavy atom. The highest BCUT2D eigenvalue weighted by Gasteiger charge is 2.06. The minimum Gasteiger partial charge on any atom is -0.291 e. The van der Waals surface area contributed by atoms with Crippen LogP contribution in [0.2, 0.25) is 0 Å². The van der Waals surface area contributed by atoms with Crippen LogP contribution in [0.1, 0.15) is 51.4 Å². The van der Waals surface area contributed by atoms with Crippen LogP contribution in [0.25, 0.3) is 0 Å². The molecule has 95 valence electrons. The molecule has 4 nitrogen and oxygen atoms in total. The molecule has 0 amide bonds. The second-order valence-electron chi connectivity index (χ2n) is 3.80. The van der Waals surface area contributed by atoms with Crippen LogP contribution in [0.5, 0.6) is 0 Å². The van der Waals surface area contributed by atoms with Gasteiger partial charge in [-0.25, -0.2) is 0 Å². The molecule has 0 bridgehead atoms. The summed E-state index contributed by atoms with van der Waals surface area (Å²) in [5.41, 5.74) is 0. The van der Waals surface area contributed by atoms with Gasteiger partial charge in [0, 0.05) is 6.42 Å². The van der Waals surface area contributed by atoms with Crippen LogP contribution < -0.4 is 0 Å². The van der Waals surface area contributed by atoms with Gasteiger partial charge >= 0.3 is 0 Å². The van der Waals surface area contributed by atoms with Gasteiger partial charge in [-0.2, -0.15) is 8.42 Å². The van der Waals surface area contributed by atoms with Crippen molar-refractivity contribution in [3.63, 3.8) is 0 Å². The summed E-state index contributed by atoms with van der Waals surface area (Å²) in [5.74, 6) is 0.115. The molecule has 0 aromatic rings. The van der Waals surface area contributed by atoms with Crippen molar-refractivity contribution in [2.45, 2.75) is 51.4 Å². The van der Waals surface area contributed by atoms with Crippen molar-refractivity contribution in [1.29, 1.82) is 0 Å². The lowest BCUT2D eigenvalue weighted by atomic mass is 10.1. The Hall–Kier alpha value is -0.420. The van der Waals surface area contributed by atoms with E-state index in [4.69, 9.17) is 0 Å². The van der Waals surface area contributed by atoms with Crippen molar-refractivity contribution in [1.82, 2.24) is 0 Å². The first kappa shape index (κ1) is 15.6. The van der Waals surface area contributed by atoms with Gasteiger partial charge in [-0.1, -0.05) is 32.1 Å². The fraction of sp³-hybridized carbons (Fsp3) is 0.909. The third kappa shape index (κ3) is 10.1. The second kappa shape index (κ2) is 9.78. The summed E-state index contributed by atoms with van der Waals surface area (Å²) < 4.78 is 26.2. The van der Waals surface area contributed by atoms with E-state index in [1.165, 1.54) is 7.11 Å². The Balaban J connectivity index is 3.19. The SMILES string of the molecule is COS(=O)(=O)CCCCCCCCC[C]=O. The van der Waals surface area contributed by atoms with E-state index in [9.17, 15) is 13.2 Å². The molecule has 0 heterocycles. The van der Waals surface area contributed by atoms with Gasteiger partial charge in [-0.3, -0.25) is 8.98 Å². The molecule has 0 N–H and O–H groups in total. The first-order valence-electron chi connectivity index (χ1n) is 5.75. The normalized spacial score (nSPS) is 11.6. The smallest absolute Gasteiger partial charge is 0.267 e. The Labute approximate surface area is 98.5 Å². The Bertz CT molecular complexity index is 259. The zero-order valence-corrected chi connectivity index (χ0v) is 10.7. The van der Waals surface area contributed by atoms with Gasteiger partial charge in [0.15, 0.2) is 6.29 Å². The lowest BCUT2D eigenvalue weighted by molar-refractivity contribution is 0.396. The van der Waals surface area contributed by atoms with Crippen molar-refractivity contribution >= 4 is 16.4 Å². The average molecular weight is 249 g/mol. The Morgan fingerprint density at radius 3 is 1.94 bits per heavy atom. The van der Waals surface area contributed by atoms with E-state index >= 15 is 0 Å². The third-order valence-electron chi connectivity index (χ3n) is 2.43. The van der Waals surface area contributed by atoms with E-state index in [0.29, 0.717) is 12.8 Å². The summed E-state index contributed by atoms with van der Waals surface area (Å²) in [7, 11) is -2.07. The Kier molecular flexibility index (Phi) is 9.52. The summed E-state index contributed by atoms with van der Waals surface area (Å²) in [4.78, 5) is 9.91. The molecule has 0 saturated carbocycles. The fourth-order valence-electron chi connectivity index (χ4n) is 1.44. The molecule has 0 aliphatic rings. The van der Waals surface area contributed by atoms with Crippen LogP contribution in [0.4, 0.5) is 0 Å². The molecule has 0 aromatic heterocycles. The molecule has 0 fully saturated rings. The highest BCUT2D eigenvalue weighted by Crippen LogP contribution is 2.09. The predicted octanol–water partition coefficient (Wildman–Crippen LogP) is 2.19. The quantitative estimate of drug-likeness (QED) is 0.416. The average Bonchev–Trinajstić information content (AvgIpc) is 2.27. The van der Waals surface area contributed by atoms with E-state index in [1.807, 2.05) is 6.29 Å². The highest BCUT2D eigenvalue weighted by molar-refractivity contribution is 7.86. The van der Waals surface area contributed by atoms with Gasteiger partial charge in [-0.05, 0) is 12.8 Å². The molecule has 5 heteroatoms. The standard InChI is InChI=1S/C11H21O4S/c1-15-16(13,14)11-9-7-5-3-2-4-6-8-10-12/h2-9,11H2,1H3. The molecule has 0 atom stereocenters.